The maximum Gasteiger partial charge on any atom is 0.169 e. The van der Waals surface area contributed by atoms with Crippen LogP contribution < -0.4 is 4.74 Å². The Bertz CT molecular complexity index is 787. The minimum Gasteiger partial charge on any atom is -0.517 e. The number of rotatable bonds is 4. The summed E-state index contributed by atoms with van der Waals surface area (Å²) in [4.78, 5) is 4.48. The van der Waals surface area contributed by atoms with Crippen LogP contribution in [0.2, 0.25) is 0 Å². The van der Waals surface area contributed by atoms with E-state index in [-0.39, 0.29) is 13.5 Å². The van der Waals surface area contributed by atoms with Crippen LogP contribution in [0.4, 0.5) is 0 Å². The Hall–Kier alpha value is -1.63. The van der Waals surface area contributed by atoms with Crippen molar-refractivity contribution in [2.75, 3.05) is 20.2 Å². The van der Waals surface area contributed by atoms with Crippen LogP contribution in [0.3, 0.4) is 0 Å². The Morgan fingerprint density at radius 3 is 2.88 bits per heavy atom. The van der Waals surface area contributed by atoms with Gasteiger partial charge in [0.2, 0.25) is 0 Å². The van der Waals surface area contributed by atoms with Gasteiger partial charge in [-0.2, -0.15) is 0 Å². The highest BCUT2D eigenvalue weighted by Crippen LogP contribution is 2.46. The molecule has 142 valence electrons. The summed E-state index contributed by atoms with van der Waals surface area (Å²) in [5.74, 6) is 2.52. The fourth-order valence-electron chi connectivity index (χ4n) is 4.71. The van der Waals surface area contributed by atoms with Crippen molar-refractivity contribution in [2.45, 2.75) is 38.3 Å². The van der Waals surface area contributed by atoms with E-state index in [0.717, 1.165) is 34.1 Å². The first-order chi connectivity index (χ1) is 12.1. The van der Waals surface area contributed by atoms with Crippen LogP contribution in [0, 0.1) is 11.8 Å². The summed E-state index contributed by atoms with van der Waals surface area (Å²) in [6.07, 6.45) is 5.31. The van der Waals surface area contributed by atoms with E-state index < -0.39 is 6.10 Å². The molecule has 3 aliphatic rings. The van der Waals surface area contributed by atoms with Crippen LogP contribution in [0.25, 0.3) is 10.9 Å². The maximum absolute atomic E-state index is 11.4. The number of fused-ring (bicyclic) bond motifs is 4. The second kappa shape index (κ2) is 7.18. The molecule has 0 unspecified atom stereocenters. The van der Waals surface area contributed by atoms with E-state index in [9.17, 15) is 5.11 Å². The number of aromatic nitrogens is 1. The Kier molecular flexibility index (Phi) is 5.29. The number of ether oxygens (including phenoxy) is 1. The molecule has 3 aliphatic heterocycles. The number of aliphatic hydroxyl groups is 1. The average Bonchev–Trinajstić information content (AvgIpc) is 2.66. The van der Waals surface area contributed by atoms with Crippen molar-refractivity contribution in [1.82, 2.24) is 4.98 Å². The summed E-state index contributed by atoms with van der Waals surface area (Å²) in [7, 11) is 1.81. The number of pyridine rings is 1. The van der Waals surface area contributed by atoms with Gasteiger partial charge >= 0.3 is 0 Å². The fourth-order valence-corrected chi connectivity index (χ4v) is 4.71. The molecular formula is C20H31BN2O3. The van der Waals surface area contributed by atoms with Gasteiger partial charge in [0, 0.05) is 37.0 Å². The number of quaternary nitrogens is 1. The predicted molar refractivity (Wildman–Crippen MR) is 107 cm³/mol. The van der Waals surface area contributed by atoms with Gasteiger partial charge in [-0.1, -0.05) is 6.92 Å². The van der Waals surface area contributed by atoms with Crippen LogP contribution in [0.1, 0.15) is 37.9 Å². The number of hydrogen-bond acceptors (Lipinski definition) is 3. The number of methoxy groups -OCH3 is 1. The summed E-state index contributed by atoms with van der Waals surface area (Å²) in [6, 6.07) is 8.36. The lowest BCUT2D eigenvalue weighted by Crippen LogP contribution is -2.67. The lowest BCUT2D eigenvalue weighted by Gasteiger charge is -2.63. The molecule has 3 saturated heterocycles. The minimum atomic E-state index is -0.393. The molecule has 2 bridgehead atoms. The molecule has 5 atom stereocenters. The molecule has 26 heavy (non-hydrogen) atoms. The van der Waals surface area contributed by atoms with Gasteiger partial charge in [0.05, 0.1) is 18.7 Å². The Labute approximate surface area is 156 Å². The van der Waals surface area contributed by atoms with Crippen molar-refractivity contribution in [3.8, 4) is 5.75 Å². The van der Waals surface area contributed by atoms with E-state index in [4.69, 9.17) is 4.74 Å². The molecule has 0 amide bonds. The van der Waals surface area contributed by atoms with Gasteiger partial charge in [-0.25, -0.2) is 0 Å². The minimum absolute atomic E-state index is 0. The van der Waals surface area contributed by atoms with Crippen molar-refractivity contribution in [3.63, 3.8) is 0 Å². The molecule has 0 aliphatic carbocycles. The molecule has 0 radical (unpaired) electrons. The predicted octanol–water partition coefficient (Wildman–Crippen LogP) is 1.37. The summed E-state index contributed by atoms with van der Waals surface area (Å²) >= 11 is 0. The standard InChI is InChI=1S/C20H29BN2O2.H2O/c1-3-13-12-23(21)9-7-14(13)10-19(23)20(24)16-6-8-22-18-5-4-15(25-2)11-17(16)18;/h4-6,8,11,13-14,19-20,24H,3,7,9-10,12H2,1-2,21H3;1H2/t13-,14-,19-,20+,23+;/m0./s1. The van der Waals surface area contributed by atoms with E-state index in [2.05, 4.69) is 11.9 Å². The van der Waals surface area contributed by atoms with E-state index in [1.807, 2.05) is 30.5 Å². The van der Waals surface area contributed by atoms with Crippen molar-refractivity contribution >= 4 is 18.9 Å². The van der Waals surface area contributed by atoms with Crippen molar-refractivity contribution in [2.24, 2.45) is 11.8 Å². The highest BCUT2D eigenvalue weighted by atomic mass is 16.5. The van der Waals surface area contributed by atoms with Gasteiger partial charge in [-0.15, -0.1) is 0 Å². The summed E-state index contributed by atoms with van der Waals surface area (Å²) < 4.78 is 6.65. The SMILES string of the molecule is O.[BH3-][N@@+]12CC[C@@H](C[C@H]1[C@H](O)c1ccnc3ccc(OC)cc13)[C@@H](CC)C2. The highest BCUT2D eigenvalue weighted by Gasteiger charge is 2.47. The third-order valence-corrected chi connectivity index (χ3v) is 6.13. The fraction of sp³-hybridized carbons (Fsp3) is 0.550. The van der Waals surface area contributed by atoms with E-state index >= 15 is 0 Å². The van der Waals surface area contributed by atoms with Crippen LogP contribution in [0.15, 0.2) is 30.5 Å². The highest BCUT2D eigenvalue weighted by molar-refractivity contribution is 5.97. The van der Waals surface area contributed by atoms with Crippen LogP contribution in [0.5, 0.6) is 5.75 Å². The molecule has 6 heteroatoms. The molecule has 5 nitrogen and oxygen atoms in total. The van der Waals surface area contributed by atoms with Gasteiger partial charge < -0.3 is 19.7 Å². The quantitative estimate of drug-likeness (QED) is 0.839. The lowest BCUT2D eigenvalue weighted by atomic mass is 9.68. The summed E-state index contributed by atoms with van der Waals surface area (Å²) in [5, 5.41) is 12.4. The summed E-state index contributed by atoms with van der Waals surface area (Å²) in [5.41, 5.74) is 1.97. The average molecular weight is 358 g/mol. The molecule has 1 aromatic heterocycles. The maximum atomic E-state index is 11.4. The van der Waals surface area contributed by atoms with Gasteiger partial charge in [-0.3, -0.25) is 4.98 Å². The molecule has 1 aromatic carbocycles. The van der Waals surface area contributed by atoms with E-state index in [0.29, 0.717) is 6.04 Å². The Morgan fingerprint density at radius 1 is 1.38 bits per heavy atom. The van der Waals surface area contributed by atoms with Crippen molar-refractivity contribution < 1.29 is 19.7 Å². The first-order valence-corrected chi connectivity index (χ1v) is 9.06. The number of benzene rings is 1. The van der Waals surface area contributed by atoms with E-state index in [1.54, 1.807) is 7.11 Å². The largest absolute Gasteiger partial charge is 0.517 e. The van der Waals surface area contributed by atoms with Gasteiger partial charge in [0.15, 0.2) is 7.98 Å². The zero-order valence-corrected chi connectivity index (χ0v) is 15.0. The number of piperidine rings is 3. The monoisotopic (exact) mass is 358 g/mol. The molecule has 3 fully saturated rings. The van der Waals surface area contributed by atoms with Crippen LogP contribution in [-0.4, -0.2) is 54.2 Å². The van der Waals surface area contributed by atoms with Gasteiger partial charge in [0.1, 0.15) is 11.9 Å². The third kappa shape index (κ3) is 3.00. The van der Waals surface area contributed by atoms with Crippen LogP contribution in [-0.2, 0) is 0 Å². The number of nitrogens with zero attached hydrogens (tertiary/aromatic N) is 2. The smallest absolute Gasteiger partial charge is 0.169 e. The van der Waals surface area contributed by atoms with Crippen LogP contribution >= 0.6 is 0 Å². The second-order valence-corrected chi connectivity index (χ2v) is 7.24. The number of aliphatic hydroxyl groups excluding tert-OH is 1. The molecule has 3 N–H and O–H groups in total. The normalized spacial score (nSPS) is 31.5. The van der Waals surface area contributed by atoms with Gasteiger partial charge in [0.25, 0.3) is 0 Å². The second-order valence-electron chi connectivity index (χ2n) is 7.24. The zero-order chi connectivity index (χ0) is 17.6. The molecule has 4 heterocycles. The first-order valence-electron chi connectivity index (χ1n) is 9.06. The Balaban J connectivity index is 0.00000196. The molecule has 2 aromatic rings. The molecule has 0 saturated carbocycles. The van der Waals surface area contributed by atoms with Gasteiger partial charge in [-0.05, 0) is 48.6 Å². The molecule has 5 rings (SSSR count). The lowest BCUT2D eigenvalue weighted by molar-refractivity contribution is -0.873. The molecular weight excluding hydrogens is 327 g/mol. The topological polar surface area (TPSA) is 73.9 Å². The summed E-state index contributed by atoms with van der Waals surface area (Å²) in [6.45, 7) is 4.96. The Morgan fingerprint density at radius 2 is 2.19 bits per heavy atom. The van der Waals surface area contributed by atoms with Crippen molar-refractivity contribution in [3.05, 3.63) is 36.0 Å². The third-order valence-electron chi connectivity index (χ3n) is 6.13. The van der Waals surface area contributed by atoms with E-state index in [1.165, 1.54) is 36.7 Å². The zero-order valence-electron chi connectivity index (χ0n) is 15.0. The van der Waals surface area contributed by atoms with Crippen molar-refractivity contribution in [1.29, 1.82) is 0 Å². The number of hydrogen-bond donors (Lipinski definition) is 1. The first kappa shape index (κ1) is 19.1. The molecule has 0 spiro atoms.